The van der Waals surface area contributed by atoms with Crippen LogP contribution in [-0.4, -0.2) is 31.6 Å². The summed E-state index contributed by atoms with van der Waals surface area (Å²) in [6, 6.07) is 11.4. The second-order valence-corrected chi connectivity index (χ2v) is 6.41. The highest BCUT2D eigenvalue weighted by atomic mass is 19.4. The molecule has 3 rings (SSSR count). The van der Waals surface area contributed by atoms with Crippen molar-refractivity contribution in [1.82, 2.24) is 0 Å². The van der Waals surface area contributed by atoms with Crippen molar-refractivity contribution in [2.24, 2.45) is 0 Å². The maximum atomic E-state index is 13.1. The van der Waals surface area contributed by atoms with Gasteiger partial charge in [-0.2, -0.15) is 13.2 Å². The number of rotatable bonds is 5. The molecule has 0 atom stereocenters. The smallest absolute Gasteiger partial charge is 0.416 e. The van der Waals surface area contributed by atoms with Crippen molar-refractivity contribution in [2.75, 3.05) is 29.9 Å². The minimum absolute atomic E-state index is 0.0532. The average molecular weight is 392 g/mol. The van der Waals surface area contributed by atoms with Crippen LogP contribution in [0.25, 0.3) is 0 Å². The van der Waals surface area contributed by atoms with E-state index in [1.54, 1.807) is 30.3 Å². The summed E-state index contributed by atoms with van der Waals surface area (Å²) >= 11 is 0. The molecule has 2 aromatic rings. The number of carbonyl (C=O) groups is 2. The van der Waals surface area contributed by atoms with Gasteiger partial charge in [-0.1, -0.05) is 18.2 Å². The van der Waals surface area contributed by atoms with Gasteiger partial charge in [0.15, 0.2) is 6.61 Å². The van der Waals surface area contributed by atoms with E-state index in [9.17, 15) is 22.8 Å². The molecule has 28 heavy (non-hydrogen) atoms. The van der Waals surface area contributed by atoms with Crippen molar-refractivity contribution in [2.45, 2.75) is 19.0 Å². The fourth-order valence-electron chi connectivity index (χ4n) is 3.02. The molecule has 0 unspecified atom stereocenters. The standard InChI is InChI=1S/C20H19F3N2O3/c21-20(22,23)15-8-9-17(25-10-4-5-11-25)16(12-15)24-18(26)13-28-19(27)14-6-2-1-3-7-14/h1-3,6-9,12H,4-5,10-11,13H2,(H,24,26). The monoisotopic (exact) mass is 392 g/mol. The molecular formula is C20H19F3N2O3. The van der Waals surface area contributed by atoms with E-state index in [1.807, 2.05) is 4.90 Å². The summed E-state index contributed by atoms with van der Waals surface area (Å²) in [6.45, 7) is 0.817. The number of ether oxygens (including phenoxy) is 1. The molecule has 0 aromatic heterocycles. The lowest BCUT2D eigenvalue weighted by Crippen LogP contribution is -2.24. The highest BCUT2D eigenvalue weighted by Crippen LogP contribution is 2.36. The Balaban J connectivity index is 1.72. The summed E-state index contributed by atoms with van der Waals surface area (Å²) in [6.07, 6.45) is -2.66. The molecule has 2 aromatic carbocycles. The molecule has 1 amide bonds. The first-order chi connectivity index (χ1) is 13.3. The third kappa shape index (κ3) is 4.82. The predicted molar refractivity (Wildman–Crippen MR) is 98.2 cm³/mol. The lowest BCUT2D eigenvalue weighted by molar-refractivity contribution is -0.137. The summed E-state index contributed by atoms with van der Waals surface area (Å²) < 4.78 is 44.1. The van der Waals surface area contributed by atoms with Gasteiger partial charge in [-0.15, -0.1) is 0 Å². The van der Waals surface area contributed by atoms with Crippen LogP contribution < -0.4 is 10.2 Å². The van der Waals surface area contributed by atoms with Gasteiger partial charge in [0.2, 0.25) is 0 Å². The van der Waals surface area contributed by atoms with Crippen molar-refractivity contribution >= 4 is 23.3 Å². The fraction of sp³-hybridized carbons (Fsp3) is 0.300. The Morgan fingerprint density at radius 2 is 1.71 bits per heavy atom. The van der Waals surface area contributed by atoms with E-state index in [0.717, 1.165) is 25.0 Å². The van der Waals surface area contributed by atoms with Crippen LogP contribution in [-0.2, 0) is 15.7 Å². The van der Waals surface area contributed by atoms with Crippen molar-refractivity contribution in [1.29, 1.82) is 0 Å². The van der Waals surface area contributed by atoms with Crippen LogP contribution in [0.2, 0.25) is 0 Å². The zero-order valence-electron chi connectivity index (χ0n) is 15.0. The van der Waals surface area contributed by atoms with E-state index in [1.165, 1.54) is 6.07 Å². The minimum atomic E-state index is -4.53. The number of alkyl halides is 3. The van der Waals surface area contributed by atoms with Crippen LogP contribution in [0.1, 0.15) is 28.8 Å². The molecule has 1 aliphatic heterocycles. The van der Waals surface area contributed by atoms with Crippen LogP contribution in [0.5, 0.6) is 0 Å². The Morgan fingerprint density at radius 3 is 2.36 bits per heavy atom. The number of benzene rings is 2. The molecule has 1 fully saturated rings. The number of esters is 1. The number of hydrogen-bond acceptors (Lipinski definition) is 4. The molecule has 1 heterocycles. The van der Waals surface area contributed by atoms with Gasteiger partial charge in [-0.05, 0) is 43.2 Å². The number of carbonyl (C=O) groups excluding carboxylic acids is 2. The van der Waals surface area contributed by atoms with Crippen molar-refractivity contribution in [3.8, 4) is 0 Å². The van der Waals surface area contributed by atoms with Gasteiger partial charge in [-0.3, -0.25) is 4.79 Å². The summed E-state index contributed by atoms with van der Waals surface area (Å²) in [5, 5.41) is 2.45. The largest absolute Gasteiger partial charge is 0.452 e. The highest BCUT2D eigenvalue weighted by molar-refractivity contribution is 5.97. The van der Waals surface area contributed by atoms with Gasteiger partial charge in [-0.25, -0.2) is 4.79 Å². The summed E-state index contributed by atoms with van der Waals surface area (Å²) in [4.78, 5) is 26.0. The zero-order chi connectivity index (χ0) is 20.1. The van der Waals surface area contributed by atoms with E-state index < -0.39 is 30.2 Å². The molecule has 1 aliphatic rings. The molecule has 0 radical (unpaired) electrons. The minimum Gasteiger partial charge on any atom is -0.452 e. The van der Waals surface area contributed by atoms with Gasteiger partial charge in [0.1, 0.15) is 0 Å². The molecular weight excluding hydrogens is 373 g/mol. The number of amides is 1. The fourth-order valence-corrected chi connectivity index (χ4v) is 3.02. The summed E-state index contributed by atoms with van der Waals surface area (Å²) in [5.41, 5.74) is 0.00451. The molecule has 0 spiro atoms. The SMILES string of the molecule is O=C(COC(=O)c1ccccc1)Nc1cc(C(F)(F)F)ccc1N1CCCC1. The third-order valence-corrected chi connectivity index (χ3v) is 4.39. The maximum absolute atomic E-state index is 13.1. The second-order valence-electron chi connectivity index (χ2n) is 6.41. The molecule has 0 saturated carbocycles. The van der Waals surface area contributed by atoms with Gasteiger partial charge in [0, 0.05) is 13.1 Å². The van der Waals surface area contributed by atoms with Crippen LogP contribution >= 0.6 is 0 Å². The summed E-state index contributed by atoms with van der Waals surface area (Å²) in [5.74, 6) is -1.39. The third-order valence-electron chi connectivity index (χ3n) is 4.39. The van der Waals surface area contributed by atoms with Crippen LogP contribution in [0.4, 0.5) is 24.5 Å². The Kier molecular flexibility index (Phi) is 5.87. The normalized spacial score (nSPS) is 14.0. The number of nitrogens with one attached hydrogen (secondary N) is 1. The van der Waals surface area contributed by atoms with Gasteiger partial charge in [0.05, 0.1) is 22.5 Å². The van der Waals surface area contributed by atoms with Crippen molar-refractivity contribution in [3.05, 3.63) is 59.7 Å². The van der Waals surface area contributed by atoms with Gasteiger partial charge >= 0.3 is 12.1 Å². The molecule has 1 N–H and O–H groups in total. The van der Waals surface area contributed by atoms with Crippen molar-refractivity contribution in [3.63, 3.8) is 0 Å². The Labute approximate surface area is 160 Å². The lowest BCUT2D eigenvalue weighted by Gasteiger charge is -2.23. The maximum Gasteiger partial charge on any atom is 0.416 e. The van der Waals surface area contributed by atoms with E-state index >= 15 is 0 Å². The average Bonchev–Trinajstić information content (AvgIpc) is 3.20. The lowest BCUT2D eigenvalue weighted by atomic mass is 10.1. The number of nitrogens with zero attached hydrogens (tertiary/aromatic N) is 1. The van der Waals surface area contributed by atoms with Crippen LogP contribution in [0.3, 0.4) is 0 Å². The molecule has 1 saturated heterocycles. The predicted octanol–water partition coefficient (Wildman–Crippen LogP) is 4.10. The van der Waals surface area contributed by atoms with Crippen molar-refractivity contribution < 1.29 is 27.5 Å². The van der Waals surface area contributed by atoms with E-state index in [2.05, 4.69) is 5.32 Å². The quantitative estimate of drug-likeness (QED) is 0.779. The number of halogens is 3. The zero-order valence-corrected chi connectivity index (χ0v) is 15.0. The number of hydrogen-bond donors (Lipinski definition) is 1. The van der Waals surface area contributed by atoms with Gasteiger partial charge in [0.25, 0.3) is 5.91 Å². The molecule has 8 heteroatoms. The first kappa shape index (κ1) is 19.7. The van der Waals surface area contributed by atoms with Gasteiger partial charge < -0.3 is 15.0 Å². The van der Waals surface area contributed by atoms with E-state index in [-0.39, 0.29) is 11.3 Å². The molecule has 5 nitrogen and oxygen atoms in total. The Bertz CT molecular complexity index is 848. The van der Waals surface area contributed by atoms with Crippen LogP contribution in [0, 0.1) is 0 Å². The van der Waals surface area contributed by atoms with E-state index in [4.69, 9.17) is 4.74 Å². The Morgan fingerprint density at radius 1 is 1.04 bits per heavy atom. The van der Waals surface area contributed by atoms with E-state index in [0.29, 0.717) is 18.8 Å². The first-order valence-electron chi connectivity index (χ1n) is 8.83. The Hall–Kier alpha value is -3.03. The van der Waals surface area contributed by atoms with Crippen LogP contribution in [0.15, 0.2) is 48.5 Å². The second kappa shape index (κ2) is 8.33. The molecule has 148 valence electrons. The first-order valence-corrected chi connectivity index (χ1v) is 8.83. The summed E-state index contributed by atoms with van der Waals surface area (Å²) in [7, 11) is 0. The number of anilines is 2. The highest BCUT2D eigenvalue weighted by Gasteiger charge is 2.32. The molecule has 0 bridgehead atoms. The topological polar surface area (TPSA) is 58.6 Å². The molecule has 0 aliphatic carbocycles.